The van der Waals surface area contributed by atoms with Crippen molar-refractivity contribution in [3.63, 3.8) is 0 Å². The van der Waals surface area contributed by atoms with Gasteiger partial charge in [-0.1, -0.05) is 13.8 Å². The van der Waals surface area contributed by atoms with Crippen molar-refractivity contribution in [2.45, 2.75) is 33.6 Å². The van der Waals surface area contributed by atoms with Crippen LogP contribution in [-0.4, -0.2) is 19.5 Å². The lowest BCUT2D eigenvalue weighted by molar-refractivity contribution is -0.122. The van der Waals surface area contributed by atoms with Crippen LogP contribution in [0.5, 0.6) is 0 Å². The molecule has 0 aromatic rings. The minimum absolute atomic E-state index is 0.222. The molecule has 1 unspecified atom stereocenters. The first-order valence-electron chi connectivity index (χ1n) is 4.59. The topological polar surface area (TPSA) is 26.3 Å². The van der Waals surface area contributed by atoms with Gasteiger partial charge >= 0.3 is 0 Å². The molecule has 2 nitrogen and oxygen atoms in total. The molecule has 1 atom stereocenters. The Balaban J connectivity index is 3.72. The number of hydrogen-bond donors (Lipinski definition) is 0. The minimum atomic E-state index is 0.222. The molecular formula is C10H20O2. The van der Waals surface area contributed by atoms with Gasteiger partial charge in [-0.2, -0.15) is 0 Å². The number of carbonyl (C=O) groups is 1. The van der Waals surface area contributed by atoms with Crippen LogP contribution in [0.4, 0.5) is 0 Å². The molecular weight excluding hydrogens is 152 g/mol. The molecule has 0 radical (unpaired) electrons. The second kappa shape index (κ2) is 6.18. The third kappa shape index (κ3) is 4.50. The molecule has 12 heavy (non-hydrogen) atoms. The summed E-state index contributed by atoms with van der Waals surface area (Å²) in [4.78, 5) is 11.1. The van der Waals surface area contributed by atoms with Crippen molar-refractivity contribution in [3.8, 4) is 0 Å². The van der Waals surface area contributed by atoms with E-state index >= 15 is 0 Å². The van der Waals surface area contributed by atoms with Crippen molar-refractivity contribution >= 4 is 5.78 Å². The summed E-state index contributed by atoms with van der Waals surface area (Å²) in [7, 11) is 1.69. The average Bonchev–Trinajstić information content (AvgIpc) is 1.96. The fraction of sp³-hybridized carbons (Fsp3) is 0.900. The molecule has 0 fully saturated rings. The van der Waals surface area contributed by atoms with Crippen molar-refractivity contribution in [2.75, 3.05) is 13.7 Å². The van der Waals surface area contributed by atoms with Crippen molar-refractivity contribution in [1.82, 2.24) is 0 Å². The van der Waals surface area contributed by atoms with Crippen LogP contribution in [0.2, 0.25) is 0 Å². The van der Waals surface area contributed by atoms with E-state index in [1.807, 2.05) is 0 Å². The van der Waals surface area contributed by atoms with Crippen molar-refractivity contribution < 1.29 is 9.53 Å². The smallest absolute Gasteiger partial charge is 0.133 e. The SMILES string of the molecule is COCCCC(C(C)=O)C(C)C. The number of Topliss-reactive ketones (excluding diaryl/α,β-unsaturated/α-hetero) is 1. The van der Waals surface area contributed by atoms with Crippen LogP contribution < -0.4 is 0 Å². The van der Waals surface area contributed by atoms with E-state index in [0.29, 0.717) is 11.7 Å². The van der Waals surface area contributed by atoms with Gasteiger partial charge in [-0.3, -0.25) is 4.79 Å². The van der Waals surface area contributed by atoms with E-state index in [-0.39, 0.29) is 5.92 Å². The first kappa shape index (κ1) is 11.6. The Labute approximate surface area is 75.3 Å². The average molecular weight is 172 g/mol. The van der Waals surface area contributed by atoms with Crippen LogP contribution in [0.25, 0.3) is 0 Å². The van der Waals surface area contributed by atoms with Crippen molar-refractivity contribution in [3.05, 3.63) is 0 Å². The Morgan fingerprint density at radius 3 is 2.33 bits per heavy atom. The largest absolute Gasteiger partial charge is 0.385 e. The van der Waals surface area contributed by atoms with Gasteiger partial charge in [0.2, 0.25) is 0 Å². The zero-order valence-corrected chi connectivity index (χ0v) is 8.59. The van der Waals surface area contributed by atoms with Gasteiger partial charge in [-0.25, -0.2) is 0 Å². The number of ether oxygens (including phenoxy) is 1. The Kier molecular flexibility index (Phi) is 5.99. The highest BCUT2D eigenvalue weighted by molar-refractivity contribution is 5.78. The van der Waals surface area contributed by atoms with E-state index in [2.05, 4.69) is 13.8 Å². The van der Waals surface area contributed by atoms with Crippen LogP contribution in [0.1, 0.15) is 33.6 Å². The molecule has 0 spiro atoms. The summed E-state index contributed by atoms with van der Waals surface area (Å²) < 4.78 is 4.94. The number of rotatable bonds is 6. The molecule has 72 valence electrons. The highest BCUT2D eigenvalue weighted by atomic mass is 16.5. The summed E-state index contributed by atoms with van der Waals surface area (Å²) >= 11 is 0. The molecule has 0 aliphatic heterocycles. The molecule has 2 heteroatoms. The lowest BCUT2D eigenvalue weighted by Crippen LogP contribution is -2.17. The van der Waals surface area contributed by atoms with E-state index in [1.54, 1.807) is 14.0 Å². The van der Waals surface area contributed by atoms with E-state index in [9.17, 15) is 4.79 Å². The molecule has 0 aromatic carbocycles. The Morgan fingerprint density at radius 2 is 2.00 bits per heavy atom. The molecule has 0 saturated heterocycles. The highest BCUT2D eigenvalue weighted by Crippen LogP contribution is 2.17. The molecule has 0 rings (SSSR count). The zero-order valence-electron chi connectivity index (χ0n) is 8.59. The highest BCUT2D eigenvalue weighted by Gasteiger charge is 2.17. The van der Waals surface area contributed by atoms with Crippen LogP contribution in [0.15, 0.2) is 0 Å². The first-order valence-corrected chi connectivity index (χ1v) is 4.59. The lowest BCUT2D eigenvalue weighted by atomic mass is 9.88. The Morgan fingerprint density at radius 1 is 1.42 bits per heavy atom. The van der Waals surface area contributed by atoms with Gasteiger partial charge in [-0.05, 0) is 25.7 Å². The summed E-state index contributed by atoms with van der Waals surface area (Å²) in [6, 6.07) is 0. The molecule has 0 N–H and O–H groups in total. The second-order valence-electron chi connectivity index (χ2n) is 3.60. The fourth-order valence-corrected chi connectivity index (χ4v) is 1.45. The van der Waals surface area contributed by atoms with Gasteiger partial charge in [0, 0.05) is 19.6 Å². The van der Waals surface area contributed by atoms with E-state index < -0.39 is 0 Å². The molecule has 0 aliphatic carbocycles. The van der Waals surface area contributed by atoms with E-state index in [0.717, 1.165) is 19.4 Å². The van der Waals surface area contributed by atoms with Gasteiger partial charge < -0.3 is 4.74 Å². The van der Waals surface area contributed by atoms with Crippen LogP contribution in [-0.2, 0) is 9.53 Å². The third-order valence-electron chi connectivity index (χ3n) is 2.19. The van der Waals surface area contributed by atoms with Crippen molar-refractivity contribution in [1.29, 1.82) is 0 Å². The monoisotopic (exact) mass is 172 g/mol. The lowest BCUT2D eigenvalue weighted by Gasteiger charge is -2.16. The summed E-state index contributed by atoms with van der Waals surface area (Å²) in [5.74, 6) is 0.987. The van der Waals surface area contributed by atoms with E-state index in [4.69, 9.17) is 4.74 Å². The minimum Gasteiger partial charge on any atom is -0.385 e. The summed E-state index contributed by atoms with van der Waals surface area (Å²) in [5.41, 5.74) is 0. The predicted octanol–water partition coefficient (Wildman–Crippen LogP) is 2.27. The molecule has 0 aromatic heterocycles. The Bertz CT molecular complexity index is 130. The maximum absolute atomic E-state index is 11.1. The quantitative estimate of drug-likeness (QED) is 0.574. The van der Waals surface area contributed by atoms with Crippen molar-refractivity contribution in [2.24, 2.45) is 11.8 Å². The molecule has 0 bridgehead atoms. The summed E-state index contributed by atoms with van der Waals surface area (Å²) in [6.45, 7) is 6.63. The third-order valence-corrected chi connectivity index (χ3v) is 2.19. The number of methoxy groups -OCH3 is 1. The molecule has 0 amide bonds. The zero-order chi connectivity index (χ0) is 9.56. The normalized spacial score (nSPS) is 13.4. The molecule has 0 heterocycles. The number of hydrogen-bond acceptors (Lipinski definition) is 2. The first-order chi connectivity index (χ1) is 5.59. The van der Waals surface area contributed by atoms with Gasteiger partial charge in [-0.15, -0.1) is 0 Å². The van der Waals surface area contributed by atoms with Gasteiger partial charge in [0.25, 0.3) is 0 Å². The summed E-state index contributed by atoms with van der Waals surface area (Å²) in [6.07, 6.45) is 1.94. The molecule has 0 saturated carbocycles. The van der Waals surface area contributed by atoms with E-state index in [1.165, 1.54) is 0 Å². The van der Waals surface area contributed by atoms with Crippen LogP contribution in [0, 0.1) is 11.8 Å². The maximum atomic E-state index is 11.1. The van der Waals surface area contributed by atoms with Crippen LogP contribution >= 0.6 is 0 Å². The predicted molar refractivity (Wildman–Crippen MR) is 50.1 cm³/mol. The second-order valence-corrected chi connectivity index (χ2v) is 3.60. The van der Waals surface area contributed by atoms with Gasteiger partial charge in [0.05, 0.1) is 0 Å². The number of carbonyl (C=O) groups excluding carboxylic acids is 1. The Hall–Kier alpha value is -0.370. The standard InChI is InChI=1S/C10H20O2/c1-8(2)10(9(3)11)6-5-7-12-4/h8,10H,5-7H2,1-4H3. The van der Waals surface area contributed by atoms with Crippen LogP contribution in [0.3, 0.4) is 0 Å². The maximum Gasteiger partial charge on any atom is 0.133 e. The summed E-state index contributed by atoms with van der Waals surface area (Å²) in [5, 5.41) is 0. The van der Waals surface area contributed by atoms with Gasteiger partial charge in [0.15, 0.2) is 0 Å². The van der Waals surface area contributed by atoms with Gasteiger partial charge in [0.1, 0.15) is 5.78 Å². The molecule has 0 aliphatic rings. The number of ketones is 1. The fourth-order valence-electron chi connectivity index (χ4n) is 1.45.